The summed E-state index contributed by atoms with van der Waals surface area (Å²) in [4.78, 5) is 6.69. The molecule has 1 aliphatic rings. The van der Waals surface area contributed by atoms with Crippen molar-refractivity contribution in [2.45, 2.75) is 31.7 Å². The van der Waals surface area contributed by atoms with Crippen molar-refractivity contribution in [3.63, 3.8) is 0 Å². The van der Waals surface area contributed by atoms with E-state index < -0.39 is 0 Å². The molecule has 2 heterocycles. The average molecular weight is 248 g/mol. The topological polar surface area (TPSA) is 86.2 Å². The highest BCUT2D eigenvalue weighted by Gasteiger charge is 2.25. The largest absolute Gasteiger partial charge is 0.396 e. The molecular formula is C13H20N4O. The molecule has 0 spiro atoms. The van der Waals surface area contributed by atoms with Gasteiger partial charge >= 0.3 is 0 Å². The van der Waals surface area contributed by atoms with Crippen LogP contribution in [0.1, 0.15) is 31.4 Å². The number of hydrogen-bond donors (Lipinski definition) is 3. The Morgan fingerprint density at radius 1 is 1.56 bits per heavy atom. The minimum Gasteiger partial charge on any atom is -0.396 e. The molecule has 1 aromatic heterocycles. The summed E-state index contributed by atoms with van der Waals surface area (Å²) >= 11 is 0. The first kappa shape index (κ1) is 12.8. The molecule has 4 N–H and O–H groups in total. The zero-order valence-electron chi connectivity index (χ0n) is 10.5. The molecule has 5 heteroatoms. The van der Waals surface area contributed by atoms with Gasteiger partial charge in [0.05, 0.1) is 0 Å². The maximum absolute atomic E-state index is 8.92. The minimum atomic E-state index is 0.00274. The SMILES string of the molecule is N=C(N)c1cccc(N2CCCC2CCCO)n1. The maximum Gasteiger partial charge on any atom is 0.141 e. The highest BCUT2D eigenvalue weighted by atomic mass is 16.2. The van der Waals surface area contributed by atoms with E-state index in [9.17, 15) is 0 Å². The van der Waals surface area contributed by atoms with Crippen LogP contribution in [-0.2, 0) is 0 Å². The van der Waals surface area contributed by atoms with Gasteiger partial charge in [0.25, 0.3) is 0 Å². The van der Waals surface area contributed by atoms with Crippen molar-refractivity contribution in [1.82, 2.24) is 4.98 Å². The Bertz CT molecular complexity index is 421. The molecule has 0 amide bonds. The summed E-state index contributed by atoms with van der Waals surface area (Å²) in [5, 5.41) is 16.3. The molecule has 0 aromatic carbocycles. The van der Waals surface area contributed by atoms with Crippen LogP contribution < -0.4 is 10.6 Å². The van der Waals surface area contributed by atoms with Crippen molar-refractivity contribution in [3.05, 3.63) is 23.9 Å². The summed E-state index contributed by atoms with van der Waals surface area (Å²) in [6.07, 6.45) is 4.12. The Hall–Kier alpha value is -1.62. The number of aliphatic hydroxyl groups excluding tert-OH is 1. The molecule has 5 nitrogen and oxygen atoms in total. The van der Waals surface area contributed by atoms with E-state index in [1.165, 1.54) is 0 Å². The fourth-order valence-corrected chi connectivity index (χ4v) is 2.50. The van der Waals surface area contributed by atoms with Crippen LogP contribution in [0.2, 0.25) is 0 Å². The minimum absolute atomic E-state index is 0.00274. The molecule has 0 radical (unpaired) electrons. The zero-order valence-corrected chi connectivity index (χ0v) is 10.5. The van der Waals surface area contributed by atoms with E-state index in [0.717, 1.165) is 38.0 Å². The Morgan fingerprint density at radius 2 is 2.39 bits per heavy atom. The summed E-state index contributed by atoms with van der Waals surface area (Å²) < 4.78 is 0. The second-order valence-corrected chi connectivity index (χ2v) is 4.65. The lowest BCUT2D eigenvalue weighted by Crippen LogP contribution is -2.30. The van der Waals surface area contributed by atoms with Crippen molar-refractivity contribution in [1.29, 1.82) is 5.41 Å². The fourth-order valence-electron chi connectivity index (χ4n) is 2.50. The number of anilines is 1. The summed E-state index contributed by atoms with van der Waals surface area (Å²) in [5.41, 5.74) is 5.99. The number of nitrogen functional groups attached to an aromatic ring is 1. The van der Waals surface area contributed by atoms with Crippen molar-refractivity contribution in [2.24, 2.45) is 5.73 Å². The second-order valence-electron chi connectivity index (χ2n) is 4.65. The van der Waals surface area contributed by atoms with Crippen LogP contribution in [0.3, 0.4) is 0 Å². The standard InChI is InChI=1S/C13H20N4O/c14-13(15)11-6-1-7-12(16-11)17-8-2-4-10(17)5-3-9-18/h1,6-7,10,18H,2-5,8-9H2,(H3,14,15). The molecule has 1 aromatic rings. The van der Waals surface area contributed by atoms with E-state index in [4.69, 9.17) is 16.2 Å². The van der Waals surface area contributed by atoms with Gasteiger partial charge < -0.3 is 15.7 Å². The van der Waals surface area contributed by atoms with Crippen molar-refractivity contribution >= 4 is 11.7 Å². The van der Waals surface area contributed by atoms with E-state index >= 15 is 0 Å². The number of pyridine rings is 1. The highest BCUT2D eigenvalue weighted by Crippen LogP contribution is 2.26. The molecule has 0 saturated carbocycles. The first-order valence-corrected chi connectivity index (χ1v) is 6.41. The van der Waals surface area contributed by atoms with Gasteiger partial charge in [0, 0.05) is 19.2 Å². The third-order valence-electron chi connectivity index (χ3n) is 3.38. The predicted octanol–water partition coefficient (Wildman–Crippen LogP) is 1.11. The summed E-state index contributed by atoms with van der Waals surface area (Å²) in [6, 6.07) is 6.06. The lowest BCUT2D eigenvalue weighted by molar-refractivity contribution is 0.279. The molecule has 1 unspecified atom stereocenters. The Balaban J connectivity index is 2.14. The second kappa shape index (κ2) is 5.82. The first-order chi connectivity index (χ1) is 8.72. The van der Waals surface area contributed by atoms with Gasteiger partial charge in [0.2, 0.25) is 0 Å². The van der Waals surface area contributed by atoms with Crippen molar-refractivity contribution < 1.29 is 5.11 Å². The normalized spacial score (nSPS) is 19.2. The molecule has 1 fully saturated rings. The number of nitrogens with one attached hydrogen (secondary N) is 1. The quantitative estimate of drug-likeness (QED) is 0.538. The number of nitrogens with zero attached hydrogens (tertiary/aromatic N) is 2. The van der Waals surface area contributed by atoms with E-state index in [2.05, 4.69) is 9.88 Å². The van der Waals surface area contributed by atoms with Crippen LogP contribution in [0, 0.1) is 5.41 Å². The number of aromatic nitrogens is 1. The van der Waals surface area contributed by atoms with E-state index in [1.54, 1.807) is 6.07 Å². The van der Waals surface area contributed by atoms with Gasteiger partial charge in [0.15, 0.2) is 0 Å². The van der Waals surface area contributed by atoms with Gasteiger partial charge in [-0.25, -0.2) is 4.98 Å². The van der Waals surface area contributed by atoms with Crippen molar-refractivity contribution in [3.8, 4) is 0 Å². The Labute approximate surface area is 107 Å². The van der Waals surface area contributed by atoms with Crippen molar-refractivity contribution in [2.75, 3.05) is 18.1 Å². The third kappa shape index (κ3) is 2.79. The van der Waals surface area contributed by atoms with Gasteiger partial charge in [-0.15, -0.1) is 0 Å². The molecule has 1 saturated heterocycles. The van der Waals surface area contributed by atoms with E-state index in [0.29, 0.717) is 11.7 Å². The summed E-state index contributed by atoms with van der Waals surface area (Å²) in [6.45, 7) is 1.23. The van der Waals surface area contributed by atoms with Crippen LogP contribution in [0.15, 0.2) is 18.2 Å². The maximum atomic E-state index is 8.92. The van der Waals surface area contributed by atoms with Crippen LogP contribution >= 0.6 is 0 Å². The van der Waals surface area contributed by atoms with Crippen LogP contribution in [0.25, 0.3) is 0 Å². The molecule has 98 valence electrons. The van der Waals surface area contributed by atoms with Gasteiger partial charge in [-0.05, 0) is 37.8 Å². The van der Waals surface area contributed by atoms with E-state index in [1.807, 2.05) is 12.1 Å². The molecule has 2 rings (SSSR count). The van der Waals surface area contributed by atoms with Gasteiger partial charge in [-0.2, -0.15) is 0 Å². The molecule has 1 aliphatic heterocycles. The smallest absolute Gasteiger partial charge is 0.141 e. The average Bonchev–Trinajstić information content (AvgIpc) is 2.84. The fraction of sp³-hybridized carbons (Fsp3) is 0.538. The number of rotatable bonds is 5. The molecular weight excluding hydrogens is 228 g/mol. The lowest BCUT2D eigenvalue weighted by Gasteiger charge is -2.25. The number of aliphatic hydroxyl groups is 1. The van der Waals surface area contributed by atoms with Crippen LogP contribution in [-0.4, -0.2) is 35.1 Å². The van der Waals surface area contributed by atoms with Crippen LogP contribution in [0.4, 0.5) is 5.82 Å². The highest BCUT2D eigenvalue weighted by molar-refractivity contribution is 5.93. The van der Waals surface area contributed by atoms with Gasteiger partial charge in [0.1, 0.15) is 17.3 Å². The van der Waals surface area contributed by atoms with E-state index in [-0.39, 0.29) is 12.4 Å². The van der Waals surface area contributed by atoms with Gasteiger partial charge in [-0.3, -0.25) is 5.41 Å². The first-order valence-electron chi connectivity index (χ1n) is 6.41. The summed E-state index contributed by atoms with van der Waals surface area (Å²) in [7, 11) is 0. The van der Waals surface area contributed by atoms with Gasteiger partial charge in [-0.1, -0.05) is 6.07 Å². The predicted molar refractivity (Wildman–Crippen MR) is 71.9 cm³/mol. The zero-order chi connectivity index (χ0) is 13.0. The molecule has 0 aliphatic carbocycles. The number of nitrogens with two attached hydrogens (primary N) is 1. The Kier molecular flexibility index (Phi) is 4.15. The Morgan fingerprint density at radius 3 is 3.11 bits per heavy atom. The number of amidine groups is 1. The number of hydrogen-bond acceptors (Lipinski definition) is 4. The third-order valence-corrected chi connectivity index (χ3v) is 3.38. The summed E-state index contributed by atoms with van der Waals surface area (Å²) in [5.74, 6) is 0.895. The molecule has 18 heavy (non-hydrogen) atoms. The monoisotopic (exact) mass is 248 g/mol. The lowest BCUT2D eigenvalue weighted by atomic mass is 10.1. The molecule has 1 atom stereocenters. The molecule has 0 bridgehead atoms. The van der Waals surface area contributed by atoms with Crippen LogP contribution in [0.5, 0.6) is 0 Å².